The van der Waals surface area contributed by atoms with Crippen molar-refractivity contribution in [3.63, 3.8) is 0 Å². The Balaban J connectivity index is 1.49. The van der Waals surface area contributed by atoms with Crippen LogP contribution in [0.5, 0.6) is 0 Å². The molecule has 1 saturated heterocycles. The molecular formula is C23H28N2O4S. The van der Waals surface area contributed by atoms with E-state index in [0.717, 1.165) is 25.9 Å². The van der Waals surface area contributed by atoms with Crippen LogP contribution in [0.1, 0.15) is 42.1 Å². The summed E-state index contributed by atoms with van der Waals surface area (Å²) in [6.45, 7) is 4.02. The highest BCUT2D eigenvalue weighted by Gasteiger charge is 2.20. The van der Waals surface area contributed by atoms with Crippen LogP contribution in [0.3, 0.4) is 0 Å². The third kappa shape index (κ3) is 5.92. The number of amides is 2. The molecule has 1 fully saturated rings. The maximum absolute atomic E-state index is 12.5. The number of hydrogen-bond donors (Lipinski definition) is 1. The van der Waals surface area contributed by atoms with Crippen molar-refractivity contribution >= 4 is 21.7 Å². The molecule has 6 nitrogen and oxygen atoms in total. The lowest BCUT2D eigenvalue weighted by Crippen LogP contribution is -2.40. The summed E-state index contributed by atoms with van der Waals surface area (Å²) in [5.41, 5.74) is 1.06. The molecule has 1 heterocycles. The standard InChI is InChI=1S/C23H28N2O4S/c1-18-6-5-15-25(16-18)22(26)13-14-24-23(27)20-11-9-19(10-12-20)17-30(28,29)21-7-3-2-4-8-21/h2-4,7-12,18H,5-6,13-17H2,1H3,(H,24,27). The molecule has 0 aliphatic carbocycles. The maximum Gasteiger partial charge on any atom is 0.251 e. The summed E-state index contributed by atoms with van der Waals surface area (Å²) in [6.07, 6.45) is 2.47. The zero-order chi connectivity index (χ0) is 21.6. The number of sulfone groups is 1. The lowest BCUT2D eigenvalue weighted by Gasteiger charge is -2.31. The molecule has 0 radical (unpaired) electrons. The van der Waals surface area contributed by atoms with E-state index in [1.165, 1.54) is 0 Å². The molecule has 7 heteroatoms. The number of likely N-dealkylation sites (tertiary alicyclic amines) is 1. The number of benzene rings is 2. The van der Waals surface area contributed by atoms with E-state index in [2.05, 4.69) is 12.2 Å². The molecule has 1 aliphatic rings. The van der Waals surface area contributed by atoms with Crippen molar-refractivity contribution in [2.24, 2.45) is 5.92 Å². The average molecular weight is 429 g/mol. The normalized spacial score (nSPS) is 16.8. The summed E-state index contributed by atoms with van der Waals surface area (Å²) < 4.78 is 24.9. The second-order valence-corrected chi connectivity index (χ2v) is 9.85. The Morgan fingerprint density at radius 3 is 2.43 bits per heavy atom. The van der Waals surface area contributed by atoms with Crippen LogP contribution in [0.15, 0.2) is 59.5 Å². The largest absolute Gasteiger partial charge is 0.352 e. The fraction of sp³-hybridized carbons (Fsp3) is 0.391. The molecule has 1 N–H and O–H groups in total. The van der Waals surface area contributed by atoms with E-state index in [4.69, 9.17) is 0 Å². The Morgan fingerprint density at radius 1 is 1.07 bits per heavy atom. The highest BCUT2D eigenvalue weighted by Crippen LogP contribution is 2.17. The van der Waals surface area contributed by atoms with Gasteiger partial charge in [-0.3, -0.25) is 9.59 Å². The van der Waals surface area contributed by atoms with Gasteiger partial charge in [-0.25, -0.2) is 8.42 Å². The van der Waals surface area contributed by atoms with Crippen molar-refractivity contribution in [1.82, 2.24) is 10.2 Å². The van der Waals surface area contributed by atoms with Gasteiger partial charge in [0, 0.05) is 31.6 Å². The number of rotatable bonds is 7. The number of carbonyl (C=O) groups excluding carboxylic acids is 2. The lowest BCUT2D eigenvalue weighted by molar-refractivity contribution is -0.132. The molecule has 1 atom stereocenters. The first-order valence-electron chi connectivity index (χ1n) is 10.3. The van der Waals surface area contributed by atoms with Gasteiger partial charge < -0.3 is 10.2 Å². The van der Waals surface area contributed by atoms with Crippen LogP contribution in [0.25, 0.3) is 0 Å². The molecule has 160 valence electrons. The van der Waals surface area contributed by atoms with Gasteiger partial charge in [-0.1, -0.05) is 37.3 Å². The van der Waals surface area contributed by atoms with Gasteiger partial charge in [-0.2, -0.15) is 0 Å². The molecule has 2 aromatic rings. The van der Waals surface area contributed by atoms with Crippen molar-refractivity contribution < 1.29 is 18.0 Å². The second-order valence-electron chi connectivity index (χ2n) is 7.86. The minimum Gasteiger partial charge on any atom is -0.352 e. The van der Waals surface area contributed by atoms with Gasteiger partial charge in [0.2, 0.25) is 5.91 Å². The Bertz CT molecular complexity index is 972. The molecule has 1 unspecified atom stereocenters. The Hall–Kier alpha value is -2.67. The Kier molecular flexibility index (Phi) is 7.26. The van der Waals surface area contributed by atoms with Gasteiger partial charge in [-0.15, -0.1) is 0 Å². The van der Waals surface area contributed by atoms with Crippen LogP contribution in [0, 0.1) is 5.92 Å². The molecular weight excluding hydrogens is 400 g/mol. The molecule has 3 rings (SSSR count). The maximum atomic E-state index is 12.5. The Morgan fingerprint density at radius 2 is 1.77 bits per heavy atom. The molecule has 0 spiro atoms. The number of piperidine rings is 1. The Labute approximate surface area is 178 Å². The summed E-state index contributed by atoms with van der Waals surface area (Å²) >= 11 is 0. The predicted octanol–water partition coefficient (Wildman–Crippen LogP) is 3.04. The quantitative estimate of drug-likeness (QED) is 0.735. The fourth-order valence-corrected chi connectivity index (χ4v) is 5.01. The van der Waals surface area contributed by atoms with Crippen molar-refractivity contribution in [2.75, 3.05) is 19.6 Å². The molecule has 30 heavy (non-hydrogen) atoms. The van der Waals surface area contributed by atoms with Gasteiger partial charge in [0.1, 0.15) is 0 Å². The minimum absolute atomic E-state index is 0.0725. The molecule has 0 aromatic heterocycles. The highest BCUT2D eigenvalue weighted by atomic mass is 32.2. The summed E-state index contributed by atoms with van der Waals surface area (Å²) in [4.78, 5) is 26.7. The fourth-order valence-electron chi connectivity index (χ4n) is 3.64. The zero-order valence-electron chi connectivity index (χ0n) is 17.2. The average Bonchev–Trinajstić information content (AvgIpc) is 2.74. The molecule has 2 aromatic carbocycles. The highest BCUT2D eigenvalue weighted by molar-refractivity contribution is 7.90. The second kappa shape index (κ2) is 9.89. The first kappa shape index (κ1) is 22.0. The molecule has 0 saturated carbocycles. The molecule has 0 bridgehead atoms. The first-order chi connectivity index (χ1) is 14.3. The summed E-state index contributed by atoms with van der Waals surface area (Å²) in [5, 5.41) is 2.77. The van der Waals surface area contributed by atoms with E-state index < -0.39 is 9.84 Å². The third-order valence-electron chi connectivity index (χ3n) is 5.31. The monoisotopic (exact) mass is 428 g/mol. The zero-order valence-corrected chi connectivity index (χ0v) is 18.0. The van der Waals surface area contributed by atoms with Gasteiger partial charge in [0.05, 0.1) is 10.6 Å². The van der Waals surface area contributed by atoms with Crippen LogP contribution in [-0.2, 0) is 20.4 Å². The molecule has 1 aliphatic heterocycles. The van der Waals surface area contributed by atoms with Crippen LogP contribution in [0.4, 0.5) is 0 Å². The van der Waals surface area contributed by atoms with Crippen molar-refractivity contribution in [2.45, 2.75) is 36.8 Å². The summed E-state index contributed by atoms with van der Waals surface area (Å²) in [5.74, 6) is 0.207. The summed E-state index contributed by atoms with van der Waals surface area (Å²) in [6, 6.07) is 14.8. The van der Waals surface area contributed by atoms with Gasteiger partial charge in [0.25, 0.3) is 5.91 Å². The van der Waals surface area contributed by atoms with Gasteiger partial charge in [-0.05, 0) is 48.6 Å². The minimum atomic E-state index is -3.43. The first-order valence-corrected chi connectivity index (χ1v) is 11.9. The number of carbonyl (C=O) groups is 2. The van der Waals surface area contributed by atoms with Crippen molar-refractivity contribution in [1.29, 1.82) is 0 Å². The van der Waals surface area contributed by atoms with Crippen molar-refractivity contribution in [3.8, 4) is 0 Å². The topological polar surface area (TPSA) is 83.6 Å². The lowest BCUT2D eigenvalue weighted by atomic mass is 10.00. The molecule has 2 amide bonds. The van der Waals surface area contributed by atoms with Gasteiger partial charge >= 0.3 is 0 Å². The van der Waals surface area contributed by atoms with E-state index in [9.17, 15) is 18.0 Å². The van der Waals surface area contributed by atoms with Crippen LogP contribution in [0.2, 0.25) is 0 Å². The summed E-state index contributed by atoms with van der Waals surface area (Å²) in [7, 11) is -3.43. The van der Waals surface area contributed by atoms with E-state index in [0.29, 0.717) is 17.0 Å². The van der Waals surface area contributed by atoms with E-state index in [-0.39, 0.29) is 35.4 Å². The number of nitrogens with one attached hydrogen (secondary N) is 1. The third-order valence-corrected chi connectivity index (χ3v) is 7.01. The van der Waals surface area contributed by atoms with E-state index in [1.54, 1.807) is 54.6 Å². The smallest absolute Gasteiger partial charge is 0.251 e. The predicted molar refractivity (Wildman–Crippen MR) is 116 cm³/mol. The van der Waals surface area contributed by atoms with Gasteiger partial charge in [0.15, 0.2) is 9.84 Å². The SMILES string of the molecule is CC1CCCN(C(=O)CCNC(=O)c2ccc(CS(=O)(=O)c3ccccc3)cc2)C1. The van der Waals surface area contributed by atoms with Crippen LogP contribution in [-0.4, -0.2) is 44.8 Å². The van der Waals surface area contributed by atoms with Crippen LogP contribution >= 0.6 is 0 Å². The number of nitrogens with zero attached hydrogens (tertiary/aromatic N) is 1. The van der Waals surface area contributed by atoms with Crippen molar-refractivity contribution in [3.05, 3.63) is 65.7 Å². The van der Waals surface area contributed by atoms with E-state index >= 15 is 0 Å². The van der Waals surface area contributed by atoms with E-state index in [1.807, 2.05) is 4.90 Å². The number of hydrogen-bond acceptors (Lipinski definition) is 4. The van der Waals surface area contributed by atoms with Crippen LogP contribution < -0.4 is 5.32 Å².